The number of carbonyl (C=O) groups excluding carboxylic acids is 3. The number of allylic oxidation sites excluding steroid dienone is 1. The molecule has 0 heterocycles. The fourth-order valence-electron chi connectivity index (χ4n) is 3.13. The summed E-state index contributed by atoms with van der Waals surface area (Å²) in [4.78, 5) is 35.2. The number of ketones is 1. The van der Waals surface area contributed by atoms with Gasteiger partial charge in [0.15, 0.2) is 23.5 Å². The summed E-state index contributed by atoms with van der Waals surface area (Å²) in [5.41, 5.74) is 2.60. The molecule has 0 aromatic heterocycles. The summed E-state index contributed by atoms with van der Waals surface area (Å²) in [5.74, 6) is -2.25. The average Bonchev–Trinajstić information content (AvgIpc) is 2.81. The zero-order chi connectivity index (χ0) is 25.1. The Morgan fingerprint density at radius 2 is 1.85 bits per heavy atom. The van der Waals surface area contributed by atoms with E-state index in [1.54, 1.807) is 31.2 Å². The second-order valence-corrected chi connectivity index (χ2v) is 7.24. The lowest BCUT2D eigenvalue weighted by Crippen LogP contribution is -2.29. The summed E-state index contributed by atoms with van der Waals surface area (Å²) < 4.78 is 25.4. The third kappa shape index (κ3) is 7.98. The van der Waals surface area contributed by atoms with Crippen LogP contribution in [0.1, 0.15) is 48.7 Å². The number of anilines is 1. The van der Waals surface area contributed by atoms with E-state index >= 15 is 0 Å². The number of nitrogens with one attached hydrogen (secondary N) is 2. The van der Waals surface area contributed by atoms with Crippen LogP contribution in [0, 0.1) is 5.82 Å². The van der Waals surface area contributed by atoms with Crippen molar-refractivity contribution in [1.29, 1.82) is 0 Å². The molecule has 0 saturated carbocycles. The van der Waals surface area contributed by atoms with Crippen LogP contribution in [0.15, 0.2) is 54.6 Å². The van der Waals surface area contributed by atoms with Gasteiger partial charge in [-0.15, -0.1) is 0 Å². The van der Waals surface area contributed by atoms with Gasteiger partial charge in [0.1, 0.15) is 0 Å². The van der Waals surface area contributed by atoms with E-state index < -0.39 is 35.8 Å². The first-order valence-corrected chi connectivity index (χ1v) is 10.5. The van der Waals surface area contributed by atoms with Gasteiger partial charge in [-0.1, -0.05) is 12.1 Å². The Hall–Kier alpha value is -3.76. The molecule has 0 aliphatic carbocycles. The standard InChI is InChI=1S/C24H27FN2O7/c1-3-33-21(6-4-5-7-22(30)27-32)23(17-10-13-20(29)19(25)14-17)34-24(31)26-18-11-8-16(9-12-18)15(2)28/h5,7-14,21,23,29,32H,3-4,6H2,1-2H3,(H,26,31)(H,27,30)/b7-5+/t21-,23-/m0/s1. The number of hydroxylamine groups is 1. The SMILES string of the molecule is CCO[C@@H](CC/C=C/C(=O)NO)[C@@H](OC(=O)Nc1ccc(C(C)=O)cc1)c1ccc(O)c(F)c1. The van der Waals surface area contributed by atoms with Crippen LogP contribution in [-0.2, 0) is 14.3 Å². The van der Waals surface area contributed by atoms with Crippen molar-refractivity contribution >= 4 is 23.5 Å². The Kier molecular flexibility index (Phi) is 10.2. The van der Waals surface area contributed by atoms with Crippen LogP contribution < -0.4 is 10.8 Å². The molecular weight excluding hydrogens is 447 g/mol. The summed E-state index contributed by atoms with van der Waals surface area (Å²) in [6.07, 6.45) is 0.644. The zero-order valence-electron chi connectivity index (χ0n) is 18.8. The average molecular weight is 474 g/mol. The second kappa shape index (κ2) is 13.1. The molecule has 34 heavy (non-hydrogen) atoms. The van der Waals surface area contributed by atoms with Gasteiger partial charge in [0.25, 0.3) is 5.91 Å². The number of phenolic OH excluding ortho intramolecular Hbond substituents is 1. The summed E-state index contributed by atoms with van der Waals surface area (Å²) in [7, 11) is 0. The van der Waals surface area contributed by atoms with Crippen molar-refractivity contribution in [3.05, 3.63) is 71.6 Å². The van der Waals surface area contributed by atoms with E-state index in [1.165, 1.54) is 24.5 Å². The highest BCUT2D eigenvalue weighted by Gasteiger charge is 2.28. The molecule has 182 valence electrons. The Bertz CT molecular complexity index is 1020. The Morgan fingerprint density at radius 1 is 1.15 bits per heavy atom. The fraction of sp³-hybridized carbons (Fsp3) is 0.292. The third-order valence-corrected chi connectivity index (χ3v) is 4.79. The third-order valence-electron chi connectivity index (χ3n) is 4.79. The predicted octanol–water partition coefficient (Wildman–Crippen LogP) is 4.27. The molecule has 2 amide bonds. The van der Waals surface area contributed by atoms with Crippen molar-refractivity contribution in [2.75, 3.05) is 11.9 Å². The highest BCUT2D eigenvalue weighted by atomic mass is 19.1. The van der Waals surface area contributed by atoms with Gasteiger partial charge < -0.3 is 14.6 Å². The van der Waals surface area contributed by atoms with Crippen molar-refractivity contribution in [1.82, 2.24) is 5.48 Å². The van der Waals surface area contributed by atoms with Gasteiger partial charge in [0.05, 0.1) is 6.10 Å². The van der Waals surface area contributed by atoms with Gasteiger partial charge in [-0.25, -0.2) is 14.7 Å². The van der Waals surface area contributed by atoms with Crippen LogP contribution in [0.4, 0.5) is 14.9 Å². The zero-order valence-corrected chi connectivity index (χ0v) is 18.8. The van der Waals surface area contributed by atoms with Crippen LogP contribution in [0.5, 0.6) is 5.75 Å². The minimum absolute atomic E-state index is 0.117. The molecule has 0 saturated heterocycles. The Labute approximate surface area is 196 Å². The lowest BCUT2D eigenvalue weighted by molar-refractivity contribution is -0.124. The molecule has 4 N–H and O–H groups in total. The van der Waals surface area contributed by atoms with Crippen molar-refractivity contribution < 1.29 is 38.6 Å². The quantitative estimate of drug-likeness (QED) is 0.165. The number of hydrogen-bond acceptors (Lipinski definition) is 7. The lowest BCUT2D eigenvalue weighted by Gasteiger charge is -2.27. The molecule has 0 spiro atoms. The van der Waals surface area contributed by atoms with Crippen LogP contribution in [0.2, 0.25) is 0 Å². The maximum atomic E-state index is 14.1. The van der Waals surface area contributed by atoms with E-state index in [0.717, 1.165) is 18.2 Å². The fourth-order valence-corrected chi connectivity index (χ4v) is 3.13. The van der Waals surface area contributed by atoms with E-state index in [0.29, 0.717) is 17.7 Å². The second-order valence-electron chi connectivity index (χ2n) is 7.24. The first-order valence-electron chi connectivity index (χ1n) is 10.5. The molecule has 0 radical (unpaired) electrons. The summed E-state index contributed by atoms with van der Waals surface area (Å²) in [6.45, 7) is 3.44. The van der Waals surface area contributed by atoms with Crippen molar-refractivity contribution in [3.8, 4) is 5.75 Å². The Morgan fingerprint density at radius 3 is 2.44 bits per heavy atom. The van der Waals surface area contributed by atoms with E-state index in [1.807, 2.05) is 0 Å². The maximum absolute atomic E-state index is 14.1. The van der Waals surface area contributed by atoms with Crippen LogP contribution >= 0.6 is 0 Å². The van der Waals surface area contributed by atoms with E-state index in [4.69, 9.17) is 14.7 Å². The van der Waals surface area contributed by atoms with Crippen molar-refractivity contribution in [2.45, 2.75) is 38.9 Å². The van der Waals surface area contributed by atoms with E-state index in [9.17, 15) is 23.9 Å². The van der Waals surface area contributed by atoms with Crippen LogP contribution in [0.3, 0.4) is 0 Å². The van der Waals surface area contributed by atoms with Gasteiger partial charge in [0.2, 0.25) is 0 Å². The molecule has 0 bridgehead atoms. The van der Waals surface area contributed by atoms with Crippen molar-refractivity contribution in [3.63, 3.8) is 0 Å². The number of hydrogen-bond donors (Lipinski definition) is 4. The van der Waals surface area contributed by atoms with Gasteiger partial charge in [0, 0.05) is 23.9 Å². The summed E-state index contributed by atoms with van der Waals surface area (Å²) >= 11 is 0. The molecular formula is C24H27FN2O7. The number of carbonyl (C=O) groups is 3. The number of phenols is 1. The first-order chi connectivity index (χ1) is 16.2. The normalized spacial score (nSPS) is 12.7. The summed E-state index contributed by atoms with van der Waals surface area (Å²) in [6, 6.07) is 9.82. The number of benzene rings is 2. The molecule has 0 aliphatic heterocycles. The van der Waals surface area contributed by atoms with Gasteiger partial charge in [-0.3, -0.25) is 20.1 Å². The maximum Gasteiger partial charge on any atom is 0.412 e. The first kappa shape index (κ1) is 26.5. The predicted molar refractivity (Wildman–Crippen MR) is 121 cm³/mol. The topological polar surface area (TPSA) is 134 Å². The molecule has 10 heteroatoms. The Balaban J connectivity index is 2.23. The number of amides is 2. The van der Waals surface area contributed by atoms with Crippen LogP contribution in [0.25, 0.3) is 0 Å². The van der Waals surface area contributed by atoms with Gasteiger partial charge >= 0.3 is 6.09 Å². The molecule has 2 aromatic carbocycles. The van der Waals surface area contributed by atoms with Gasteiger partial charge in [-0.2, -0.15) is 0 Å². The molecule has 2 aromatic rings. The largest absolute Gasteiger partial charge is 0.505 e. The summed E-state index contributed by atoms with van der Waals surface area (Å²) in [5, 5.41) is 20.7. The number of halogens is 1. The minimum atomic E-state index is -1.05. The van der Waals surface area contributed by atoms with E-state index in [-0.39, 0.29) is 24.4 Å². The number of rotatable bonds is 11. The van der Waals surface area contributed by atoms with Crippen molar-refractivity contribution in [2.24, 2.45) is 0 Å². The highest BCUT2D eigenvalue weighted by Crippen LogP contribution is 2.30. The molecule has 0 aliphatic rings. The lowest BCUT2D eigenvalue weighted by atomic mass is 9.99. The molecule has 2 atom stereocenters. The number of Topliss-reactive ketones (excluding diaryl/α,β-unsaturated/α-hetero) is 1. The molecule has 9 nitrogen and oxygen atoms in total. The van der Waals surface area contributed by atoms with Crippen LogP contribution in [-0.4, -0.2) is 40.8 Å². The highest BCUT2D eigenvalue weighted by molar-refractivity contribution is 5.95. The molecule has 0 fully saturated rings. The van der Waals surface area contributed by atoms with Gasteiger partial charge in [-0.05, 0) is 68.7 Å². The van der Waals surface area contributed by atoms with E-state index in [2.05, 4.69) is 5.32 Å². The minimum Gasteiger partial charge on any atom is -0.505 e. The number of ether oxygens (including phenoxy) is 2. The molecule has 2 rings (SSSR count). The monoisotopic (exact) mass is 474 g/mol. The smallest absolute Gasteiger partial charge is 0.412 e. The molecule has 0 unspecified atom stereocenters. The number of aromatic hydroxyl groups is 1.